The first-order valence-corrected chi connectivity index (χ1v) is 7.60. The quantitative estimate of drug-likeness (QED) is 0.772. The Kier molecular flexibility index (Phi) is 3.62. The van der Waals surface area contributed by atoms with Crippen LogP contribution in [0.15, 0.2) is 53.1 Å². The zero-order chi connectivity index (χ0) is 16.5. The van der Waals surface area contributed by atoms with Crippen molar-refractivity contribution in [3.8, 4) is 11.3 Å². The number of amides is 1. The van der Waals surface area contributed by atoms with Crippen molar-refractivity contribution >= 4 is 5.91 Å². The molecule has 122 valence electrons. The molecule has 0 saturated carbocycles. The molecule has 4 rings (SSSR count). The number of benzene rings is 1. The second-order valence-corrected chi connectivity index (χ2v) is 5.55. The highest BCUT2D eigenvalue weighted by Crippen LogP contribution is 2.23. The van der Waals surface area contributed by atoms with Crippen LogP contribution in [0.1, 0.15) is 22.4 Å². The molecule has 1 aliphatic rings. The number of furan rings is 1. The summed E-state index contributed by atoms with van der Waals surface area (Å²) >= 11 is 0. The van der Waals surface area contributed by atoms with E-state index in [1.807, 2.05) is 12.1 Å². The lowest BCUT2D eigenvalue weighted by Gasteiger charge is -2.25. The highest BCUT2D eigenvalue weighted by atomic mass is 19.1. The SMILES string of the molecule is O=C1NCC(NCc2ccco2)n2nc(-c3ccc(F)cc3)cc21. The molecule has 1 aliphatic heterocycles. The van der Waals surface area contributed by atoms with Crippen LogP contribution in [0, 0.1) is 5.82 Å². The third-order valence-electron chi connectivity index (χ3n) is 3.95. The molecule has 1 atom stereocenters. The van der Waals surface area contributed by atoms with E-state index in [1.165, 1.54) is 12.1 Å². The van der Waals surface area contributed by atoms with Gasteiger partial charge < -0.3 is 9.73 Å². The summed E-state index contributed by atoms with van der Waals surface area (Å²) in [5, 5.41) is 10.7. The number of fused-ring (bicyclic) bond motifs is 1. The zero-order valence-corrected chi connectivity index (χ0v) is 12.7. The van der Waals surface area contributed by atoms with Crippen LogP contribution < -0.4 is 10.6 Å². The molecule has 1 aromatic carbocycles. The molecule has 2 aromatic heterocycles. The number of carbonyl (C=O) groups excluding carboxylic acids is 1. The fraction of sp³-hybridized carbons (Fsp3) is 0.176. The number of nitrogens with one attached hydrogen (secondary N) is 2. The second-order valence-electron chi connectivity index (χ2n) is 5.55. The second kappa shape index (κ2) is 5.93. The number of aromatic nitrogens is 2. The van der Waals surface area contributed by atoms with Gasteiger partial charge >= 0.3 is 0 Å². The maximum atomic E-state index is 13.1. The lowest BCUT2D eigenvalue weighted by Crippen LogP contribution is -2.45. The Balaban J connectivity index is 1.62. The Morgan fingerprint density at radius 3 is 2.92 bits per heavy atom. The van der Waals surface area contributed by atoms with Crippen LogP contribution in [0.3, 0.4) is 0 Å². The first-order chi connectivity index (χ1) is 11.7. The summed E-state index contributed by atoms with van der Waals surface area (Å²) in [7, 11) is 0. The topological polar surface area (TPSA) is 72.1 Å². The van der Waals surface area contributed by atoms with E-state index in [1.54, 1.807) is 29.1 Å². The van der Waals surface area contributed by atoms with Crippen LogP contribution in [-0.2, 0) is 6.54 Å². The third kappa shape index (κ3) is 2.69. The standard InChI is InChI=1S/C17H15FN4O2/c18-12-5-3-11(4-6-12)14-8-15-17(23)20-10-16(22(15)21-14)19-9-13-2-1-7-24-13/h1-8,16,19H,9-10H2,(H,20,23). The van der Waals surface area contributed by atoms with Gasteiger partial charge in [0.25, 0.3) is 5.91 Å². The lowest BCUT2D eigenvalue weighted by molar-refractivity contribution is 0.0899. The molecule has 7 heteroatoms. The van der Waals surface area contributed by atoms with Crippen LogP contribution in [0.25, 0.3) is 11.3 Å². The lowest BCUT2D eigenvalue weighted by atomic mass is 10.1. The number of carbonyl (C=O) groups is 1. The van der Waals surface area contributed by atoms with Gasteiger partial charge in [0.2, 0.25) is 0 Å². The molecule has 0 saturated heterocycles. The van der Waals surface area contributed by atoms with Gasteiger partial charge in [-0.2, -0.15) is 5.10 Å². The van der Waals surface area contributed by atoms with Gasteiger partial charge in [0.15, 0.2) is 0 Å². The van der Waals surface area contributed by atoms with Crippen LogP contribution in [0.2, 0.25) is 0 Å². The van der Waals surface area contributed by atoms with Crippen LogP contribution in [-0.4, -0.2) is 22.2 Å². The smallest absolute Gasteiger partial charge is 0.269 e. The summed E-state index contributed by atoms with van der Waals surface area (Å²) in [5.41, 5.74) is 1.86. The molecule has 3 heterocycles. The fourth-order valence-corrected chi connectivity index (χ4v) is 2.72. The van der Waals surface area contributed by atoms with Crippen LogP contribution in [0.5, 0.6) is 0 Å². The van der Waals surface area contributed by atoms with Crippen LogP contribution >= 0.6 is 0 Å². The first-order valence-electron chi connectivity index (χ1n) is 7.60. The van der Waals surface area contributed by atoms with Crippen molar-refractivity contribution in [2.24, 2.45) is 0 Å². The molecule has 0 radical (unpaired) electrons. The minimum absolute atomic E-state index is 0.174. The Bertz CT molecular complexity index is 855. The first kappa shape index (κ1) is 14.6. The Hall–Kier alpha value is -2.93. The monoisotopic (exact) mass is 326 g/mol. The van der Waals surface area contributed by atoms with Crippen molar-refractivity contribution in [2.45, 2.75) is 12.7 Å². The molecule has 24 heavy (non-hydrogen) atoms. The Labute approximate surface area is 137 Å². The molecule has 0 spiro atoms. The van der Waals surface area contributed by atoms with Gasteiger partial charge in [-0.25, -0.2) is 9.07 Å². The third-order valence-corrected chi connectivity index (χ3v) is 3.95. The van der Waals surface area contributed by atoms with Crippen molar-refractivity contribution in [1.29, 1.82) is 0 Å². The van der Waals surface area contributed by atoms with E-state index in [9.17, 15) is 9.18 Å². The van der Waals surface area contributed by atoms with E-state index in [0.717, 1.165) is 11.3 Å². The van der Waals surface area contributed by atoms with Gasteiger partial charge in [0, 0.05) is 5.56 Å². The average Bonchev–Trinajstić information content (AvgIpc) is 3.25. The van der Waals surface area contributed by atoms with Crippen LogP contribution in [0.4, 0.5) is 4.39 Å². The average molecular weight is 326 g/mol. The number of halogens is 1. The van der Waals surface area contributed by atoms with Gasteiger partial charge in [-0.15, -0.1) is 0 Å². The minimum Gasteiger partial charge on any atom is -0.468 e. The molecule has 0 bridgehead atoms. The molecule has 1 unspecified atom stereocenters. The summed E-state index contributed by atoms with van der Waals surface area (Å²) in [6, 6.07) is 11.5. The predicted octanol–water partition coefficient (Wildman–Crippen LogP) is 2.31. The number of hydrogen-bond acceptors (Lipinski definition) is 4. The van der Waals surface area contributed by atoms with E-state index in [4.69, 9.17) is 4.42 Å². The summed E-state index contributed by atoms with van der Waals surface area (Å²) < 4.78 is 20.1. The largest absolute Gasteiger partial charge is 0.468 e. The van der Waals surface area contributed by atoms with Gasteiger partial charge in [-0.3, -0.25) is 10.1 Å². The number of hydrogen-bond donors (Lipinski definition) is 2. The molecule has 6 nitrogen and oxygen atoms in total. The molecule has 0 aliphatic carbocycles. The molecule has 0 fully saturated rings. The van der Waals surface area contributed by atoms with Crippen molar-refractivity contribution < 1.29 is 13.6 Å². The van der Waals surface area contributed by atoms with E-state index >= 15 is 0 Å². The van der Waals surface area contributed by atoms with E-state index in [2.05, 4.69) is 15.7 Å². The summed E-state index contributed by atoms with van der Waals surface area (Å²) in [5.74, 6) is 0.324. The molecular formula is C17H15FN4O2. The van der Waals surface area contributed by atoms with Crippen molar-refractivity contribution in [1.82, 2.24) is 20.4 Å². The van der Waals surface area contributed by atoms with Crippen molar-refractivity contribution in [3.05, 3.63) is 66.0 Å². The summed E-state index contributed by atoms with van der Waals surface area (Å²) in [6.07, 6.45) is 1.43. The fourth-order valence-electron chi connectivity index (χ4n) is 2.72. The Morgan fingerprint density at radius 2 is 2.17 bits per heavy atom. The molecule has 1 amide bonds. The summed E-state index contributed by atoms with van der Waals surface area (Å²) in [4.78, 5) is 12.1. The highest BCUT2D eigenvalue weighted by Gasteiger charge is 2.27. The van der Waals surface area contributed by atoms with Gasteiger partial charge in [-0.1, -0.05) is 0 Å². The van der Waals surface area contributed by atoms with E-state index < -0.39 is 0 Å². The van der Waals surface area contributed by atoms with Crippen molar-refractivity contribution in [2.75, 3.05) is 6.54 Å². The molecule has 2 N–H and O–H groups in total. The predicted molar refractivity (Wildman–Crippen MR) is 84.5 cm³/mol. The number of nitrogens with zero attached hydrogens (tertiary/aromatic N) is 2. The van der Waals surface area contributed by atoms with Gasteiger partial charge in [0.1, 0.15) is 23.4 Å². The maximum Gasteiger partial charge on any atom is 0.269 e. The zero-order valence-electron chi connectivity index (χ0n) is 12.7. The van der Waals surface area contributed by atoms with Gasteiger partial charge in [-0.05, 0) is 42.5 Å². The highest BCUT2D eigenvalue weighted by molar-refractivity contribution is 5.94. The minimum atomic E-state index is -0.307. The molecule has 3 aromatic rings. The summed E-state index contributed by atoms with van der Waals surface area (Å²) in [6.45, 7) is 0.954. The van der Waals surface area contributed by atoms with E-state index in [-0.39, 0.29) is 17.9 Å². The van der Waals surface area contributed by atoms with E-state index in [0.29, 0.717) is 24.5 Å². The molecular weight excluding hydrogens is 311 g/mol. The normalized spacial score (nSPS) is 16.7. The number of rotatable bonds is 4. The van der Waals surface area contributed by atoms with Gasteiger partial charge in [0.05, 0.1) is 25.0 Å². The Morgan fingerprint density at radius 1 is 1.33 bits per heavy atom. The maximum absolute atomic E-state index is 13.1. The van der Waals surface area contributed by atoms with Crippen molar-refractivity contribution in [3.63, 3.8) is 0 Å².